The lowest BCUT2D eigenvalue weighted by Gasteiger charge is -2.38. The fourth-order valence-electron chi connectivity index (χ4n) is 3.80. The molecule has 1 N–H and O–H groups in total. The van der Waals surface area contributed by atoms with Crippen molar-refractivity contribution in [3.63, 3.8) is 0 Å². The zero-order valence-electron chi connectivity index (χ0n) is 13.7. The van der Waals surface area contributed by atoms with E-state index < -0.39 is 0 Å². The number of nitrogens with one attached hydrogen (secondary N) is 1. The van der Waals surface area contributed by atoms with Gasteiger partial charge in [-0.3, -0.25) is 4.90 Å². The van der Waals surface area contributed by atoms with Crippen LogP contribution in [-0.2, 0) is 19.5 Å². The summed E-state index contributed by atoms with van der Waals surface area (Å²) in [7, 11) is 0. The highest BCUT2D eigenvalue weighted by atomic mass is 15.3. The molecule has 0 amide bonds. The monoisotopic (exact) mass is 307 g/mol. The van der Waals surface area contributed by atoms with Crippen molar-refractivity contribution in [1.29, 1.82) is 0 Å². The summed E-state index contributed by atoms with van der Waals surface area (Å²) in [4.78, 5) is 5.16. The van der Waals surface area contributed by atoms with E-state index in [1.54, 1.807) is 5.56 Å². The predicted molar refractivity (Wildman–Crippen MR) is 95.8 cm³/mol. The number of nitrogens with zero attached hydrogens (tertiary/aromatic N) is 2. The maximum absolute atomic E-state index is 3.48. The number of piperazine rings is 1. The van der Waals surface area contributed by atoms with Gasteiger partial charge in [-0.1, -0.05) is 42.5 Å². The summed E-state index contributed by atoms with van der Waals surface area (Å²) in [5, 5.41) is 3.48. The van der Waals surface area contributed by atoms with E-state index in [1.165, 1.54) is 16.8 Å². The Labute approximate surface area is 138 Å². The van der Waals surface area contributed by atoms with Gasteiger partial charge in [0, 0.05) is 45.0 Å². The van der Waals surface area contributed by atoms with Crippen molar-refractivity contribution in [2.45, 2.75) is 19.5 Å². The van der Waals surface area contributed by atoms with Gasteiger partial charge in [0.15, 0.2) is 0 Å². The summed E-state index contributed by atoms with van der Waals surface area (Å²) in [6, 6.07) is 17.6. The smallest absolute Gasteiger partial charge is 0.0403 e. The maximum Gasteiger partial charge on any atom is 0.0403 e. The fraction of sp³-hybridized carbons (Fsp3) is 0.400. The molecule has 1 fully saturated rings. The highest BCUT2D eigenvalue weighted by molar-refractivity contribution is 5.58. The van der Waals surface area contributed by atoms with Crippen molar-refractivity contribution in [1.82, 2.24) is 10.2 Å². The topological polar surface area (TPSA) is 18.5 Å². The summed E-state index contributed by atoms with van der Waals surface area (Å²) in [5.74, 6) is 0. The lowest BCUT2D eigenvalue weighted by Crippen LogP contribution is -2.46. The molecule has 0 spiro atoms. The molecule has 0 bridgehead atoms. The van der Waals surface area contributed by atoms with Crippen molar-refractivity contribution in [2.75, 3.05) is 37.6 Å². The largest absolute Gasteiger partial charge is 0.369 e. The molecule has 1 saturated heterocycles. The van der Waals surface area contributed by atoms with Crippen molar-refractivity contribution >= 4 is 5.69 Å². The van der Waals surface area contributed by atoms with Crippen molar-refractivity contribution in [3.05, 3.63) is 65.2 Å². The van der Waals surface area contributed by atoms with Crippen LogP contribution in [0.4, 0.5) is 5.69 Å². The predicted octanol–water partition coefficient (Wildman–Crippen LogP) is 2.65. The Bertz CT molecular complexity index is 645. The molecule has 0 aromatic heterocycles. The van der Waals surface area contributed by atoms with Gasteiger partial charge < -0.3 is 10.2 Å². The highest BCUT2D eigenvalue weighted by Gasteiger charge is 2.21. The zero-order chi connectivity index (χ0) is 15.5. The van der Waals surface area contributed by atoms with Crippen LogP contribution in [0.25, 0.3) is 0 Å². The van der Waals surface area contributed by atoms with Gasteiger partial charge in [-0.2, -0.15) is 0 Å². The molecular formula is C20H25N3. The van der Waals surface area contributed by atoms with Crippen LogP contribution in [0.1, 0.15) is 16.7 Å². The van der Waals surface area contributed by atoms with Gasteiger partial charge in [-0.15, -0.1) is 0 Å². The zero-order valence-corrected chi connectivity index (χ0v) is 13.7. The minimum atomic E-state index is 1.02. The van der Waals surface area contributed by atoms with Crippen LogP contribution in [0.3, 0.4) is 0 Å². The van der Waals surface area contributed by atoms with Crippen LogP contribution in [0, 0.1) is 0 Å². The molecular weight excluding hydrogens is 282 g/mol. The Morgan fingerprint density at radius 1 is 0.870 bits per heavy atom. The molecule has 4 rings (SSSR count). The molecule has 2 aliphatic heterocycles. The molecule has 2 aromatic carbocycles. The molecule has 23 heavy (non-hydrogen) atoms. The van der Waals surface area contributed by atoms with Crippen LogP contribution < -0.4 is 10.2 Å². The second kappa shape index (κ2) is 6.73. The molecule has 0 aliphatic carbocycles. The number of fused-ring (bicyclic) bond motifs is 1. The van der Waals surface area contributed by atoms with Gasteiger partial charge in [0.25, 0.3) is 0 Å². The number of hydrogen-bond donors (Lipinski definition) is 1. The molecule has 2 heterocycles. The number of benzene rings is 2. The molecule has 2 aliphatic rings. The van der Waals surface area contributed by atoms with Crippen LogP contribution >= 0.6 is 0 Å². The van der Waals surface area contributed by atoms with E-state index >= 15 is 0 Å². The molecule has 3 nitrogen and oxygen atoms in total. The Morgan fingerprint density at radius 2 is 1.70 bits per heavy atom. The summed E-state index contributed by atoms with van der Waals surface area (Å²) in [6.07, 6.45) is 1.16. The Morgan fingerprint density at radius 3 is 2.52 bits per heavy atom. The van der Waals surface area contributed by atoms with Crippen molar-refractivity contribution in [2.24, 2.45) is 0 Å². The molecule has 0 radical (unpaired) electrons. The van der Waals surface area contributed by atoms with Crippen LogP contribution in [0.5, 0.6) is 0 Å². The van der Waals surface area contributed by atoms with Crippen molar-refractivity contribution in [3.8, 4) is 0 Å². The third-order valence-electron chi connectivity index (χ3n) is 5.08. The SMILES string of the molecule is c1ccc(CN2CCN(c3cccc4c3CCNC4)CC2)cc1. The molecule has 0 saturated carbocycles. The van der Waals surface area contributed by atoms with Gasteiger partial charge in [0.05, 0.1) is 0 Å². The van der Waals surface area contributed by atoms with E-state index in [2.05, 4.69) is 63.6 Å². The van der Waals surface area contributed by atoms with Crippen LogP contribution in [0.15, 0.2) is 48.5 Å². The quantitative estimate of drug-likeness (QED) is 0.940. The van der Waals surface area contributed by atoms with Gasteiger partial charge in [-0.25, -0.2) is 0 Å². The van der Waals surface area contributed by atoms with E-state index in [9.17, 15) is 0 Å². The second-order valence-corrected chi connectivity index (χ2v) is 6.59. The van der Waals surface area contributed by atoms with E-state index in [-0.39, 0.29) is 0 Å². The number of hydrogen-bond acceptors (Lipinski definition) is 3. The van der Waals surface area contributed by atoms with Crippen LogP contribution in [0.2, 0.25) is 0 Å². The van der Waals surface area contributed by atoms with Crippen molar-refractivity contribution < 1.29 is 0 Å². The summed E-state index contributed by atoms with van der Waals surface area (Å²) in [5.41, 5.74) is 5.95. The molecule has 120 valence electrons. The third kappa shape index (κ3) is 3.26. The first kappa shape index (κ1) is 14.7. The lowest BCUT2D eigenvalue weighted by molar-refractivity contribution is 0.249. The molecule has 0 unspecified atom stereocenters. The lowest BCUT2D eigenvalue weighted by atomic mass is 9.98. The first-order valence-electron chi connectivity index (χ1n) is 8.73. The third-order valence-corrected chi connectivity index (χ3v) is 5.08. The molecule has 2 aromatic rings. The Balaban J connectivity index is 1.42. The summed E-state index contributed by atoms with van der Waals surface area (Å²) in [6.45, 7) is 7.78. The normalized spacial score (nSPS) is 18.7. The number of anilines is 1. The van der Waals surface area contributed by atoms with Gasteiger partial charge in [-0.05, 0) is 35.7 Å². The summed E-state index contributed by atoms with van der Waals surface area (Å²) >= 11 is 0. The standard InChI is InChI=1S/C20H25N3/c1-2-5-17(6-3-1)16-22-11-13-23(14-12-22)20-8-4-7-18-15-21-10-9-19(18)20/h1-8,21H,9-16H2. The first-order chi connectivity index (χ1) is 11.4. The Hall–Kier alpha value is -1.84. The van der Waals surface area contributed by atoms with E-state index in [4.69, 9.17) is 0 Å². The van der Waals surface area contributed by atoms with Gasteiger partial charge in [0.1, 0.15) is 0 Å². The minimum absolute atomic E-state index is 1.02. The van der Waals surface area contributed by atoms with Gasteiger partial charge >= 0.3 is 0 Å². The maximum atomic E-state index is 3.48. The fourth-order valence-corrected chi connectivity index (χ4v) is 3.80. The van der Waals surface area contributed by atoms with E-state index in [1.807, 2.05) is 0 Å². The molecule has 0 atom stereocenters. The van der Waals surface area contributed by atoms with Crippen LogP contribution in [-0.4, -0.2) is 37.6 Å². The minimum Gasteiger partial charge on any atom is -0.369 e. The van der Waals surface area contributed by atoms with E-state index in [0.29, 0.717) is 0 Å². The average molecular weight is 307 g/mol. The average Bonchev–Trinajstić information content (AvgIpc) is 2.63. The van der Waals surface area contributed by atoms with E-state index in [0.717, 1.165) is 52.2 Å². The molecule has 3 heteroatoms. The first-order valence-corrected chi connectivity index (χ1v) is 8.73. The van der Waals surface area contributed by atoms with Gasteiger partial charge in [0.2, 0.25) is 0 Å². The summed E-state index contributed by atoms with van der Waals surface area (Å²) < 4.78 is 0. The Kier molecular flexibility index (Phi) is 4.31. The number of rotatable bonds is 3. The highest BCUT2D eigenvalue weighted by Crippen LogP contribution is 2.27. The second-order valence-electron chi connectivity index (χ2n) is 6.59.